The Labute approximate surface area is 91.8 Å². The molecule has 0 unspecified atom stereocenters. The minimum Gasteiger partial charge on any atom is -0.298 e. The first kappa shape index (κ1) is 8.97. The van der Waals surface area contributed by atoms with Gasteiger partial charge in [0.1, 0.15) is 0 Å². The number of aldehydes is 1. The van der Waals surface area contributed by atoms with E-state index in [1.165, 1.54) is 0 Å². The first-order chi connectivity index (χ1) is 7.90. The highest BCUT2D eigenvalue weighted by molar-refractivity contribution is 6.09. The summed E-state index contributed by atoms with van der Waals surface area (Å²) < 4.78 is 0. The zero-order valence-corrected chi connectivity index (χ0v) is 8.42. The van der Waals surface area contributed by atoms with Crippen LogP contribution in [0.4, 0.5) is 0 Å². The molecule has 1 aromatic carbocycles. The van der Waals surface area contributed by atoms with E-state index in [-0.39, 0.29) is 0 Å². The number of benzene rings is 1. The van der Waals surface area contributed by atoms with Crippen molar-refractivity contribution in [1.29, 1.82) is 0 Å². The Bertz CT molecular complexity index is 692. The number of nitrogens with zero attached hydrogens (tertiary/aromatic N) is 2. The van der Waals surface area contributed by atoms with E-state index in [0.717, 1.165) is 28.1 Å². The molecule has 3 nitrogen and oxygen atoms in total. The van der Waals surface area contributed by atoms with Crippen molar-refractivity contribution in [1.82, 2.24) is 9.97 Å². The molecule has 0 saturated carbocycles. The molecule has 3 aromatic rings. The summed E-state index contributed by atoms with van der Waals surface area (Å²) in [5.41, 5.74) is 2.27. The summed E-state index contributed by atoms with van der Waals surface area (Å²) >= 11 is 0. The minimum absolute atomic E-state index is 0.656. The van der Waals surface area contributed by atoms with Crippen LogP contribution in [0.1, 0.15) is 10.4 Å². The molecule has 0 amide bonds. The second-order valence-electron chi connectivity index (χ2n) is 3.56. The molecule has 0 radical (unpaired) electrons. The van der Waals surface area contributed by atoms with Crippen LogP contribution in [-0.2, 0) is 0 Å². The molecule has 0 aliphatic carbocycles. The second kappa shape index (κ2) is 3.38. The van der Waals surface area contributed by atoms with E-state index in [1.54, 1.807) is 12.4 Å². The van der Waals surface area contributed by atoms with Crippen molar-refractivity contribution in [3.63, 3.8) is 0 Å². The van der Waals surface area contributed by atoms with Gasteiger partial charge in [0.2, 0.25) is 0 Å². The smallest absolute Gasteiger partial charge is 0.150 e. The molecule has 0 aliphatic heterocycles. The van der Waals surface area contributed by atoms with Crippen LogP contribution in [0.15, 0.2) is 42.7 Å². The minimum atomic E-state index is 0.656. The summed E-state index contributed by atoms with van der Waals surface area (Å²) in [5, 5.41) is 1.79. The van der Waals surface area contributed by atoms with Crippen LogP contribution in [0.3, 0.4) is 0 Å². The van der Waals surface area contributed by atoms with Crippen LogP contribution in [0.5, 0.6) is 0 Å². The molecular formula is C13H8N2O. The van der Waals surface area contributed by atoms with Gasteiger partial charge in [-0.15, -0.1) is 0 Å². The fourth-order valence-corrected chi connectivity index (χ4v) is 1.90. The fraction of sp³-hybridized carbons (Fsp3) is 0. The maximum atomic E-state index is 11.0. The number of hydrogen-bond donors (Lipinski definition) is 0. The highest BCUT2D eigenvalue weighted by Crippen LogP contribution is 2.24. The predicted octanol–water partition coefficient (Wildman–Crippen LogP) is 2.60. The summed E-state index contributed by atoms with van der Waals surface area (Å²) in [6, 6.07) is 9.35. The molecule has 3 rings (SSSR count). The summed E-state index contributed by atoms with van der Waals surface area (Å²) in [4.78, 5) is 19.6. The Morgan fingerprint density at radius 1 is 1.00 bits per heavy atom. The van der Waals surface area contributed by atoms with Gasteiger partial charge in [0.05, 0.1) is 11.0 Å². The van der Waals surface area contributed by atoms with Gasteiger partial charge in [0.15, 0.2) is 6.29 Å². The maximum Gasteiger partial charge on any atom is 0.150 e. The molecule has 76 valence electrons. The molecule has 0 spiro atoms. The molecule has 2 heterocycles. The molecule has 2 aromatic heterocycles. The standard InChI is InChI=1S/C13H8N2O/c16-8-10-7-9-3-1-5-14-12(9)13-11(10)4-2-6-15-13/h1-8H. The lowest BCUT2D eigenvalue weighted by molar-refractivity contribution is 0.112. The van der Waals surface area contributed by atoms with E-state index >= 15 is 0 Å². The highest BCUT2D eigenvalue weighted by Gasteiger charge is 2.06. The fourth-order valence-electron chi connectivity index (χ4n) is 1.90. The summed E-state index contributed by atoms with van der Waals surface area (Å²) in [6.45, 7) is 0. The Morgan fingerprint density at radius 2 is 1.75 bits per heavy atom. The Morgan fingerprint density at radius 3 is 2.56 bits per heavy atom. The quantitative estimate of drug-likeness (QED) is 0.456. The Hall–Kier alpha value is -2.29. The average molecular weight is 208 g/mol. The molecule has 3 heteroatoms. The van der Waals surface area contributed by atoms with Gasteiger partial charge in [0, 0.05) is 28.7 Å². The van der Waals surface area contributed by atoms with Gasteiger partial charge in [-0.05, 0) is 18.2 Å². The van der Waals surface area contributed by atoms with Gasteiger partial charge in [-0.3, -0.25) is 14.8 Å². The molecule has 0 fully saturated rings. The van der Waals surface area contributed by atoms with Crippen LogP contribution < -0.4 is 0 Å². The number of carbonyl (C=O) groups excluding carboxylic acids is 1. The van der Waals surface area contributed by atoms with Crippen molar-refractivity contribution < 1.29 is 4.79 Å². The zero-order chi connectivity index (χ0) is 11.0. The molecule has 0 saturated heterocycles. The highest BCUT2D eigenvalue weighted by atomic mass is 16.1. The van der Waals surface area contributed by atoms with Crippen LogP contribution >= 0.6 is 0 Å². The van der Waals surface area contributed by atoms with E-state index < -0.39 is 0 Å². The molecule has 0 bridgehead atoms. The van der Waals surface area contributed by atoms with E-state index in [2.05, 4.69) is 9.97 Å². The van der Waals surface area contributed by atoms with Gasteiger partial charge in [-0.1, -0.05) is 12.1 Å². The lowest BCUT2D eigenvalue weighted by atomic mass is 10.1. The van der Waals surface area contributed by atoms with Crippen molar-refractivity contribution in [2.45, 2.75) is 0 Å². The summed E-state index contributed by atoms with van der Waals surface area (Å²) in [6.07, 6.45) is 4.30. The third-order valence-electron chi connectivity index (χ3n) is 2.62. The van der Waals surface area contributed by atoms with Crippen molar-refractivity contribution in [2.75, 3.05) is 0 Å². The third-order valence-corrected chi connectivity index (χ3v) is 2.62. The number of rotatable bonds is 1. The first-order valence-electron chi connectivity index (χ1n) is 4.98. The zero-order valence-electron chi connectivity index (χ0n) is 8.42. The van der Waals surface area contributed by atoms with Gasteiger partial charge in [0.25, 0.3) is 0 Å². The van der Waals surface area contributed by atoms with E-state index in [0.29, 0.717) is 5.56 Å². The Kier molecular flexibility index (Phi) is 1.90. The number of fused-ring (bicyclic) bond motifs is 3. The monoisotopic (exact) mass is 208 g/mol. The van der Waals surface area contributed by atoms with E-state index in [4.69, 9.17) is 0 Å². The topological polar surface area (TPSA) is 42.9 Å². The van der Waals surface area contributed by atoms with Gasteiger partial charge < -0.3 is 0 Å². The van der Waals surface area contributed by atoms with Crippen LogP contribution in [0.25, 0.3) is 21.8 Å². The first-order valence-corrected chi connectivity index (χ1v) is 4.98. The lowest BCUT2D eigenvalue weighted by Gasteiger charge is -2.03. The number of pyridine rings is 2. The number of aromatic nitrogens is 2. The normalized spacial score (nSPS) is 10.8. The van der Waals surface area contributed by atoms with Crippen molar-refractivity contribution in [3.8, 4) is 0 Å². The Balaban J connectivity index is 2.62. The second-order valence-corrected chi connectivity index (χ2v) is 3.56. The average Bonchev–Trinajstić information content (AvgIpc) is 2.38. The largest absolute Gasteiger partial charge is 0.298 e. The van der Waals surface area contributed by atoms with Crippen LogP contribution in [-0.4, -0.2) is 16.3 Å². The molecule has 0 atom stereocenters. The summed E-state index contributed by atoms with van der Waals surface area (Å²) in [5.74, 6) is 0. The van der Waals surface area contributed by atoms with Crippen molar-refractivity contribution in [3.05, 3.63) is 48.3 Å². The van der Waals surface area contributed by atoms with Gasteiger partial charge >= 0.3 is 0 Å². The SMILES string of the molecule is O=Cc1cc2cccnc2c2ncccc12. The molecule has 16 heavy (non-hydrogen) atoms. The van der Waals surface area contributed by atoms with E-state index in [9.17, 15) is 4.79 Å². The molecule has 0 aliphatic rings. The van der Waals surface area contributed by atoms with Crippen molar-refractivity contribution in [2.24, 2.45) is 0 Å². The predicted molar refractivity (Wildman–Crippen MR) is 62.4 cm³/mol. The lowest BCUT2D eigenvalue weighted by Crippen LogP contribution is -1.89. The number of hydrogen-bond acceptors (Lipinski definition) is 3. The van der Waals surface area contributed by atoms with E-state index in [1.807, 2.05) is 30.3 Å². The third kappa shape index (κ3) is 1.18. The molecule has 0 N–H and O–H groups in total. The van der Waals surface area contributed by atoms with Crippen LogP contribution in [0.2, 0.25) is 0 Å². The molecular weight excluding hydrogens is 200 g/mol. The summed E-state index contributed by atoms with van der Waals surface area (Å²) in [7, 11) is 0. The number of carbonyl (C=O) groups is 1. The van der Waals surface area contributed by atoms with Crippen LogP contribution in [0, 0.1) is 0 Å². The van der Waals surface area contributed by atoms with Gasteiger partial charge in [-0.2, -0.15) is 0 Å². The van der Waals surface area contributed by atoms with Gasteiger partial charge in [-0.25, -0.2) is 0 Å². The maximum absolute atomic E-state index is 11.0. The van der Waals surface area contributed by atoms with Crippen molar-refractivity contribution >= 4 is 28.1 Å².